The maximum Gasteiger partial charge on any atom is 0.315 e. The lowest BCUT2D eigenvalue weighted by atomic mass is 9.97. The van der Waals surface area contributed by atoms with E-state index in [1.807, 2.05) is 30.4 Å². The number of carbonyl (C=O) groups is 1. The van der Waals surface area contributed by atoms with Gasteiger partial charge in [0.15, 0.2) is 0 Å². The number of nitrogens with one attached hydrogen (secondary N) is 2. The Kier molecular flexibility index (Phi) is 5.81. The molecule has 0 aliphatic heterocycles. The zero-order chi connectivity index (χ0) is 15.1. The van der Waals surface area contributed by atoms with Crippen LogP contribution < -0.4 is 10.6 Å². The second kappa shape index (κ2) is 7.84. The van der Waals surface area contributed by atoms with E-state index < -0.39 is 0 Å². The average Bonchev–Trinajstić information content (AvgIpc) is 2.96. The van der Waals surface area contributed by atoms with Crippen molar-refractivity contribution in [2.75, 3.05) is 13.2 Å². The van der Waals surface area contributed by atoms with Crippen molar-refractivity contribution in [3.63, 3.8) is 0 Å². The van der Waals surface area contributed by atoms with Gasteiger partial charge in [0.05, 0.1) is 0 Å². The van der Waals surface area contributed by atoms with Crippen molar-refractivity contribution in [1.29, 1.82) is 0 Å². The van der Waals surface area contributed by atoms with Gasteiger partial charge in [0.25, 0.3) is 0 Å². The van der Waals surface area contributed by atoms with Gasteiger partial charge in [0, 0.05) is 31.0 Å². The summed E-state index contributed by atoms with van der Waals surface area (Å²) in [4.78, 5) is 11.9. The third-order valence-corrected chi connectivity index (χ3v) is 4.00. The molecule has 114 valence electrons. The van der Waals surface area contributed by atoms with Crippen LogP contribution in [0.4, 0.5) is 4.79 Å². The fourth-order valence-corrected chi connectivity index (χ4v) is 2.68. The Labute approximate surface area is 126 Å². The van der Waals surface area contributed by atoms with Gasteiger partial charge in [-0.15, -0.1) is 0 Å². The Morgan fingerprint density at radius 2 is 2.10 bits per heavy atom. The summed E-state index contributed by atoms with van der Waals surface area (Å²) in [5.41, 5.74) is 1.25. The van der Waals surface area contributed by atoms with Crippen LogP contribution in [0.25, 0.3) is 0 Å². The van der Waals surface area contributed by atoms with E-state index in [1.54, 1.807) is 0 Å². The van der Waals surface area contributed by atoms with Gasteiger partial charge in [0.1, 0.15) is 0 Å². The molecule has 2 amide bonds. The van der Waals surface area contributed by atoms with Crippen LogP contribution in [-0.4, -0.2) is 30.3 Å². The molecule has 0 fully saturated rings. The Bertz CT molecular complexity index is 473. The summed E-state index contributed by atoms with van der Waals surface area (Å²) < 4.78 is 0. The van der Waals surface area contributed by atoms with Crippen molar-refractivity contribution in [2.45, 2.75) is 31.7 Å². The molecular formula is C17H24N2O2. The molecule has 3 N–H and O–H groups in total. The predicted octanol–water partition coefficient (Wildman–Crippen LogP) is 2.42. The highest BCUT2D eigenvalue weighted by atomic mass is 16.3. The quantitative estimate of drug-likeness (QED) is 0.704. The van der Waals surface area contributed by atoms with Crippen LogP contribution in [-0.2, 0) is 0 Å². The molecule has 1 aromatic rings. The van der Waals surface area contributed by atoms with Gasteiger partial charge >= 0.3 is 6.03 Å². The van der Waals surface area contributed by atoms with Crippen LogP contribution >= 0.6 is 0 Å². The molecule has 0 bridgehead atoms. The van der Waals surface area contributed by atoms with E-state index in [2.05, 4.69) is 29.7 Å². The normalized spacial score (nSPS) is 22.0. The second-order valence-corrected chi connectivity index (χ2v) is 5.54. The Balaban J connectivity index is 1.77. The van der Waals surface area contributed by atoms with E-state index in [0.29, 0.717) is 12.5 Å². The van der Waals surface area contributed by atoms with E-state index in [-0.39, 0.29) is 24.6 Å². The molecule has 1 aliphatic carbocycles. The molecule has 4 heteroatoms. The van der Waals surface area contributed by atoms with E-state index in [1.165, 1.54) is 5.56 Å². The van der Waals surface area contributed by atoms with Crippen LogP contribution in [0.15, 0.2) is 42.5 Å². The van der Waals surface area contributed by atoms with Gasteiger partial charge < -0.3 is 15.7 Å². The number of aliphatic hydroxyl groups is 1. The summed E-state index contributed by atoms with van der Waals surface area (Å²) in [5, 5.41) is 14.9. The number of hydrogen-bond donors (Lipinski definition) is 3. The first-order chi connectivity index (χ1) is 10.2. The fourth-order valence-electron chi connectivity index (χ4n) is 2.68. The molecule has 1 aromatic carbocycles. The van der Waals surface area contributed by atoms with Crippen molar-refractivity contribution in [3.8, 4) is 0 Å². The highest BCUT2D eigenvalue weighted by Crippen LogP contribution is 2.18. The summed E-state index contributed by atoms with van der Waals surface area (Å²) in [5.74, 6) is 0.504. The topological polar surface area (TPSA) is 61.4 Å². The number of hydrogen-bond acceptors (Lipinski definition) is 2. The summed E-state index contributed by atoms with van der Waals surface area (Å²) >= 11 is 0. The number of urea groups is 1. The Morgan fingerprint density at radius 3 is 2.71 bits per heavy atom. The smallest absolute Gasteiger partial charge is 0.315 e. The molecule has 0 heterocycles. The standard InChI is InChI=1S/C17H24N2O2/c1-2-14(15-6-4-3-5-7-15)11-18-17(21)19-16-9-8-13(10-16)12-20/h3-9,13-14,16,20H,2,10-12H2,1H3,(H2,18,19,21)/t13-,14?,16+/m0/s1. The monoisotopic (exact) mass is 288 g/mol. The molecule has 21 heavy (non-hydrogen) atoms. The lowest BCUT2D eigenvalue weighted by Crippen LogP contribution is -2.42. The maximum absolute atomic E-state index is 11.9. The average molecular weight is 288 g/mol. The van der Waals surface area contributed by atoms with Crippen molar-refractivity contribution in [1.82, 2.24) is 10.6 Å². The molecule has 4 nitrogen and oxygen atoms in total. The zero-order valence-electron chi connectivity index (χ0n) is 12.5. The highest BCUT2D eigenvalue weighted by Gasteiger charge is 2.20. The third kappa shape index (κ3) is 4.60. The summed E-state index contributed by atoms with van der Waals surface area (Å²) in [7, 11) is 0. The number of carbonyl (C=O) groups excluding carboxylic acids is 1. The van der Waals surface area contributed by atoms with E-state index in [9.17, 15) is 4.79 Å². The molecular weight excluding hydrogens is 264 g/mol. The highest BCUT2D eigenvalue weighted by molar-refractivity contribution is 5.74. The Hall–Kier alpha value is -1.81. The molecule has 1 aliphatic rings. The second-order valence-electron chi connectivity index (χ2n) is 5.54. The molecule has 3 atom stereocenters. The van der Waals surface area contributed by atoms with Gasteiger partial charge in [0.2, 0.25) is 0 Å². The number of aliphatic hydroxyl groups excluding tert-OH is 1. The van der Waals surface area contributed by atoms with Gasteiger partial charge in [-0.3, -0.25) is 0 Å². The van der Waals surface area contributed by atoms with Crippen LogP contribution in [0.2, 0.25) is 0 Å². The number of benzene rings is 1. The van der Waals surface area contributed by atoms with E-state index >= 15 is 0 Å². The first-order valence-corrected chi connectivity index (χ1v) is 7.61. The van der Waals surface area contributed by atoms with Crippen LogP contribution in [0.1, 0.15) is 31.2 Å². The van der Waals surface area contributed by atoms with Crippen molar-refractivity contribution >= 4 is 6.03 Å². The minimum atomic E-state index is -0.141. The first-order valence-electron chi connectivity index (χ1n) is 7.61. The minimum Gasteiger partial charge on any atom is -0.396 e. The molecule has 0 radical (unpaired) electrons. The molecule has 1 unspecified atom stereocenters. The lowest BCUT2D eigenvalue weighted by Gasteiger charge is -2.18. The van der Waals surface area contributed by atoms with Crippen LogP contribution in [0.5, 0.6) is 0 Å². The van der Waals surface area contributed by atoms with E-state index in [4.69, 9.17) is 5.11 Å². The molecule has 2 rings (SSSR count). The summed E-state index contributed by atoms with van der Waals surface area (Å²) in [6.07, 6.45) is 5.68. The van der Waals surface area contributed by atoms with Crippen molar-refractivity contribution < 1.29 is 9.90 Å². The first kappa shape index (κ1) is 15.6. The van der Waals surface area contributed by atoms with Gasteiger partial charge in [-0.05, 0) is 18.4 Å². The Morgan fingerprint density at radius 1 is 1.33 bits per heavy atom. The number of amides is 2. The van der Waals surface area contributed by atoms with Gasteiger partial charge in [-0.25, -0.2) is 4.79 Å². The SMILES string of the molecule is CCC(CNC(=O)N[C@@H]1C=C[C@H](CO)C1)c1ccccc1. The third-order valence-electron chi connectivity index (χ3n) is 4.00. The van der Waals surface area contributed by atoms with Gasteiger partial charge in [-0.1, -0.05) is 49.4 Å². The summed E-state index contributed by atoms with van der Waals surface area (Å²) in [6, 6.07) is 10.1. The molecule has 0 saturated heterocycles. The minimum absolute atomic E-state index is 0.0268. The zero-order valence-corrected chi connectivity index (χ0v) is 12.5. The van der Waals surface area contributed by atoms with Gasteiger partial charge in [-0.2, -0.15) is 0 Å². The maximum atomic E-state index is 11.9. The van der Waals surface area contributed by atoms with Crippen molar-refractivity contribution in [3.05, 3.63) is 48.0 Å². The lowest BCUT2D eigenvalue weighted by molar-refractivity contribution is 0.231. The number of rotatable bonds is 6. The van der Waals surface area contributed by atoms with Crippen LogP contribution in [0, 0.1) is 5.92 Å². The van der Waals surface area contributed by atoms with Crippen molar-refractivity contribution in [2.24, 2.45) is 5.92 Å². The fraction of sp³-hybridized carbons (Fsp3) is 0.471. The van der Waals surface area contributed by atoms with Crippen LogP contribution in [0.3, 0.4) is 0 Å². The van der Waals surface area contributed by atoms with E-state index in [0.717, 1.165) is 12.8 Å². The molecule has 0 aromatic heterocycles. The summed E-state index contributed by atoms with van der Waals surface area (Å²) in [6.45, 7) is 2.90. The molecule has 0 spiro atoms. The molecule has 0 saturated carbocycles. The largest absolute Gasteiger partial charge is 0.396 e. The predicted molar refractivity (Wildman–Crippen MR) is 84.1 cm³/mol.